The van der Waals surface area contributed by atoms with Crippen molar-refractivity contribution in [2.75, 3.05) is 13.2 Å². The van der Waals surface area contributed by atoms with Crippen molar-refractivity contribution >= 4 is 12.0 Å². The Morgan fingerprint density at radius 3 is 2.52 bits per heavy atom. The maximum atomic E-state index is 13.3. The van der Waals surface area contributed by atoms with E-state index in [1.807, 2.05) is 6.92 Å². The lowest BCUT2D eigenvalue weighted by molar-refractivity contribution is -0.122. The molecule has 1 aromatic carbocycles. The number of carbonyl (C=O) groups is 2. The molecule has 0 aliphatic carbocycles. The van der Waals surface area contributed by atoms with Crippen LogP contribution in [0.3, 0.4) is 0 Å². The molecular weight excluding hydrogens is 330 g/mol. The fourth-order valence-electron chi connectivity index (χ4n) is 2.14. The summed E-state index contributed by atoms with van der Waals surface area (Å²) in [5.41, 5.74) is 0.227. The molecule has 0 saturated heterocycles. The van der Waals surface area contributed by atoms with Gasteiger partial charge in [-0.25, -0.2) is 13.6 Å². The van der Waals surface area contributed by atoms with Crippen molar-refractivity contribution in [3.05, 3.63) is 35.4 Å². The molecule has 0 radical (unpaired) electrons. The van der Waals surface area contributed by atoms with Crippen molar-refractivity contribution < 1.29 is 23.1 Å². The number of nitrogens with one attached hydrogen (secondary N) is 2. The quantitative estimate of drug-likeness (QED) is 0.530. The number of amides is 2. The first-order valence-electron chi connectivity index (χ1n) is 8.05. The fraction of sp³-hybridized carbons (Fsp3) is 0.444. The molecule has 0 spiro atoms. The topological polar surface area (TPSA) is 67.4 Å². The number of carbonyl (C=O) groups excluding carboxylic acids is 2. The van der Waals surface area contributed by atoms with Gasteiger partial charge in [0.05, 0.1) is 13.2 Å². The van der Waals surface area contributed by atoms with Crippen molar-refractivity contribution in [3.8, 4) is 12.3 Å². The number of terminal acetylenes is 1. The Labute approximate surface area is 146 Å². The van der Waals surface area contributed by atoms with Gasteiger partial charge in [0.1, 0.15) is 17.7 Å². The van der Waals surface area contributed by atoms with E-state index in [4.69, 9.17) is 11.2 Å². The molecule has 0 saturated carbocycles. The average Bonchev–Trinajstić information content (AvgIpc) is 2.55. The summed E-state index contributed by atoms with van der Waals surface area (Å²) in [6.07, 6.45) is 6.83. The van der Waals surface area contributed by atoms with Gasteiger partial charge in [0.25, 0.3) is 0 Å². The zero-order chi connectivity index (χ0) is 18.7. The first-order valence-corrected chi connectivity index (χ1v) is 8.05. The average molecular weight is 352 g/mol. The summed E-state index contributed by atoms with van der Waals surface area (Å²) in [7, 11) is 0. The lowest BCUT2D eigenvalue weighted by Crippen LogP contribution is -2.48. The van der Waals surface area contributed by atoms with Crippen molar-refractivity contribution in [3.63, 3.8) is 0 Å². The monoisotopic (exact) mass is 352 g/mol. The van der Waals surface area contributed by atoms with Crippen LogP contribution in [-0.2, 0) is 16.0 Å². The van der Waals surface area contributed by atoms with Crippen LogP contribution in [0.4, 0.5) is 13.6 Å². The van der Waals surface area contributed by atoms with E-state index in [1.54, 1.807) is 0 Å². The van der Waals surface area contributed by atoms with Crippen molar-refractivity contribution in [2.45, 2.75) is 38.6 Å². The van der Waals surface area contributed by atoms with E-state index in [9.17, 15) is 18.4 Å². The summed E-state index contributed by atoms with van der Waals surface area (Å²) in [4.78, 5) is 23.9. The second kappa shape index (κ2) is 11.0. The number of alkyl carbamates (subject to hydrolysis) is 1. The van der Waals surface area contributed by atoms with E-state index < -0.39 is 29.7 Å². The molecule has 7 heteroatoms. The summed E-state index contributed by atoms with van der Waals surface area (Å²) in [6.45, 7) is 2.22. The normalized spacial score (nSPS) is 11.3. The SMILES string of the molecule is C#CCNC(=O)[C@H](Cc1cc(F)cc(F)c1)NC(=O)OCCCCC. The van der Waals surface area contributed by atoms with Crippen molar-refractivity contribution in [1.82, 2.24) is 10.6 Å². The number of benzene rings is 1. The van der Waals surface area contributed by atoms with Gasteiger partial charge in [0.15, 0.2) is 0 Å². The third kappa shape index (κ3) is 8.15. The largest absolute Gasteiger partial charge is 0.450 e. The number of hydrogen-bond donors (Lipinski definition) is 2. The molecular formula is C18H22F2N2O3. The van der Waals surface area contributed by atoms with Crippen LogP contribution in [0, 0.1) is 24.0 Å². The molecule has 5 nitrogen and oxygen atoms in total. The fourth-order valence-corrected chi connectivity index (χ4v) is 2.14. The Bertz CT molecular complexity index is 609. The molecule has 0 aromatic heterocycles. The lowest BCUT2D eigenvalue weighted by atomic mass is 10.0. The number of ether oxygens (including phenoxy) is 1. The maximum absolute atomic E-state index is 13.3. The van der Waals surface area contributed by atoms with Crippen LogP contribution in [0.25, 0.3) is 0 Å². The minimum absolute atomic E-state index is 0.0277. The molecule has 0 aliphatic heterocycles. The van der Waals surface area contributed by atoms with Crippen LogP contribution >= 0.6 is 0 Å². The standard InChI is InChI=1S/C18H22F2N2O3/c1-3-5-6-8-25-18(24)22-16(17(23)21-7-4-2)11-13-9-14(19)12-15(20)10-13/h2,9-10,12,16H,3,5-8,11H2,1H3,(H,21,23)(H,22,24)/t16-/m0/s1. The number of unbranched alkanes of at least 4 members (excludes halogenated alkanes) is 2. The van der Waals surface area contributed by atoms with Gasteiger partial charge >= 0.3 is 6.09 Å². The first-order chi connectivity index (χ1) is 12.0. The Morgan fingerprint density at radius 2 is 1.92 bits per heavy atom. The third-order valence-electron chi connectivity index (χ3n) is 3.32. The minimum atomic E-state index is -1.06. The van der Waals surface area contributed by atoms with Gasteiger partial charge in [-0.3, -0.25) is 4.79 Å². The van der Waals surface area contributed by atoms with Crippen LogP contribution < -0.4 is 10.6 Å². The summed E-state index contributed by atoms with van der Waals surface area (Å²) in [5.74, 6) is 0.151. The summed E-state index contributed by atoms with van der Waals surface area (Å²) >= 11 is 0. The number of rotatable bonds is 9. The van der Waals surface area contributed by atoms with Gasteiger partial charge in [0, 0.05) is 12.5 Å². The molecule has 0 fully saturated rings. The molecule has 2 amide bonds. The molecule has 1 aromatic rings. The van der Waals surface area contributed by atoms with Crippen molar-refractivity contribution in [1.29, 1.82) is 0 Å². The lowest BCUT2D eigenvalue weighted by Gasteiger charge is -2.18. The highest BCUT2D eigenvalue weighted by molar-refractivity contribution is 5.86. The van der Waals surface area contributed by atoms with Gasteiger partial charge in [-0.2, -0.15) is 0 Å². The van der Waals surface area contributed by atoms with E-state index >= 15 is 0 Å². The molecule has 0 heterocycles. The highest BCUT2D eigenvalue weighted by atomic mass is 19.1. The van der Waals surface area contributed by atoms with E-state index in [0.717, 1.165) is 31.0 Å². The second-order valence-corrected chi connectivity index (χ2v) is 5.44. The molecule has 2 N–H and O–H groups in total. The zero-order valence-corrected chi connectivity index (χ0v) is 14.1. The predicted molar refractivity (Wildman–Crippen MR) is 89.7 cm³/mol. The molecule has 1 rings (SSSR count). The smallest absolute Gasteiger partial charge is 0.407 e. The van der Waals surface area contributed by atoms with Gasteiger partial charge in [-0.05, 0) is 24.1 Å². The van der Waals surface area contributed by atoms with Crippen LogP contribution in [0.2, 0.25) is 0 Å². The van der Waals surface area contributed by atoms with Gasteiger partial charge in [0.2, 0.25) is 5.91 Å². The van der Waals surface area contributed by atoms with Crippen molar-refractivity contribution in [2.24, 2.45) is 0 Å². The summed E-state index contributed by atoms with van der Waals surface area (Å²) < 4.78 is 31.6. The van der Waals surface area contributed by atoms with Gasteiger partial charge < -0.3 is 15.4 Å². The Kier molecular flexibility index (Phi) is 9.01. The molecule has 0 unspecified atom stereocenters. The Morgan fingerprint density at radius 1 is 1.24 bits per heavy atom. The van der Waals surface area contributed by atoms with Crippen LogP contribution in [0.5, 0.6) is 0 Å². The van der Waals surface area contributed by atoms with Crippen LogP contribution in [-0.4, -0.2) is 31.2 Å². The van der Waals surface area contributed by atoms with Gasteiger partial charge in [-0.15, -0.1) is 6.42 Å². The number of hydrogen-bond acceptors (Lipinski definition) is 3. The van der Waals surface area contributed by atoms with Crippen LogP contribution in [0.1, 0.15) is 31.7 Å². The van der Waals surface area contributed by atoms with E-state index in [0.29, 0.717) is 6.42 Å². The maximum Gasteiger partial charge on any atom is 0.407 e. The van der Waals surface area contributed by atoms with Gasteiger partial charge in [-0.1, -0.05) is 25.7 Å². The zero-order valence-electron chi connectivity index (χ0n) is 14.1. The third-order valence-corrected chi connectivity index (χ3v) is 3.32. The second-order valence-electron chi connectivity index (χ2n) is 5.44. The van der Waals surface area contributed by atoms with E-state index in [1.165, 1.54) is 0 Å². The molecule has 0 aliphatic rings. The molecule has 0 bridgehead atoms. The highest BCUT2D eigenvalue weighted by Gasteiger charge is 2.22. The summed E-state index contributed by atoms with van der Waals surface area (Å²) in [5, 5.41) is 4.83. The summed E-state index contributed by atoms with van der Waals surface area (Å²) in [6, 6.07) is 1.86. The van der Waals surface area contributed by atoms with E-state index in [2.05, 4.69) is 16.6 Å². The predicted octanol–water partition coefficient (Wildman–Crippen LogP) is 2.54. The number of halogens is 2. The van der Waals surface area contributed by atoms with Crippen LogP contribution in [0.15, 0.2) is 18.2 Å². The molecule has 25 heavy (non-hydrogen) atoms. The first kappa shape index (κ1) is 20.4. The Hall–Kier alpha value is -2.62. The minimum Gasteiger partial charge on any atom is -0.450 e. The highest BCUT2D eigenvalue weighted by Crippen LogP contribution is 2.10. The molecule has 1 atom stereocenters. The van der Waals surface area contributed by atoms with E-state index in [-0.39, 0.29) is 25.1 Å². The molecule has 136 valence electrons. The Balaban J connectivity index is 2.73.